The third-order valence-electron chi connectivity index (χ3n) is 3.54. The van der Waals surface area contributed by atoms with Crippen molar-refractivity contribution in [1.29, 1.82) is 0 Å². The van der Waals surface area contributed by atoms with Gasteiger partial charge in [0.2, 0.25) is 5.91 Å². The molecule has 2 rings (SSSR count). The minimum absolute atomic E-state index is 0.109. The van der Waals surface area contributed by atoms with Crippen LogP contribution in [0.1, 0.15) is 31.9 Å². The van der Waals surface area contributed by atoms with Crippen molar-refractivity contribution in [2.75, 3.05) is 19.6 Å². The number of nitrogens with zero attached hydrogens (tertiary/aromatic N) is 1. The van der Waals surface area contributed by atoms with Crippen molar-refractivity contribution < 1.29 is 9.21 Å². The van der Waals surface area contributed by atoms with Crippen molar-refractivity contribution in [3.63, 3.8) is 0 Å². The van der Waals surface area contributed by atoms with Gasteiger partial charge >= 0.3 is 0 Å². The molecule has 0 bridgehead atoms. The number of amides is 1. The maximum atomic E-state index is 11.7. The second kappa shape index (κ2) is 6.59. The van der Waals surface area contributed by atoms with Gasteiger partial charge in [0.1, 0.15) is 5.76 Å². The summed E-state index contributed by atoms with van der Waals surface area (Å²) in [6, 6.07) is 4.20. The lowest BCUT2D eigenvalue weighted by Crippen LogP contribution is -2.40. The highest BCUT2D eigenvalue weighted by Crippen LogP contribution is 2.10. The predicted molar refractivity (Wildman–Crippen MR) is 70.3 cm³/mol. The lowest BCUT2D eigenvalue weighted by Gasteiger charge is -2.23. The second-order valence-corrected chi connectivity index (χ2v) is 4.98. The van der Waals surface area contributed by atoms with Crippen molar-refractivity contribution >= 4 is 5.91 Å². The van der Waals surface area contributed by atoms with E-state index >= 15 is 0 Å². The van der Waals surface area contributed by atoms with E-state index in [-0.39, 0.29) is 5.91 Å². The van der Waals surface area contributed by atoms with Crippen molar-refractivity contribution in [3.05, 3.63) is 24.2 Å². The van der Waals surface area contributed by atoms with Crippen LogP contribution in [0.5, 0.6) is 0 Å². The molecule has 2 heterocycles. The molecule has 1 aromatic heterocycles. The Kier molecular flexibility index (Phi) is 4.81. The minimum Gasteiger partial charge on any atom is -0.469 e. The van der Waals surface area contributed by atoms with Crippen LogP contribution < -0.4 is 5.32 Å². The largest absolute Gasteiger partial charge is 0.469 e. The Balaban J connectivity index is 1.62. The highest BCUT2D eigenvalue weighted by Gasteiger charge is 2.18. The van der Waals surface area contributed by atoms with Gasteiger partial charge in [-0.1, -0.05) is 0 Å². The number of furan rings is 1. The average Bonchev–Trinajstić information content (AvgIpc) is 3.05. The van der Waals surface area contributed by atoms with Crippen LogP contribution in [-0.4, -0.2) is 36.5 Å². The van der Waals surface area contributed by atoms with E-state index in [2.05, 4.69) is 17.1 Å². The Labute approximate surface area is 108 Å². The zero-order valence-corrected chi connectivity index (χ0v) is 11.0. The van der Waals surface area contributed by atoms with Crippen LogP contribution in [0, 0.1) is 0 Å². The van der Waals surface area contributed by atoms with Crippen molar-refractivity contribution in [2.24, 2.45) is 0 Å². The average molecular weight is 250 g/mol. The molecule has 0 spiro atoms. The number of hydrogen-bond donors (Lipinski definition) is 1. The van der Waals surface area contributed by atoms with Crippen molar-refractivity contribution in [1.82, 2.24) is 10.2 Å². The van der Waals surface area contributed by atoms with Crippen LogP contribution in [-0.2, 0) is 11.2 Å². The maximum absolute atomic E-state index is 11.7. The second-order valence-electron chi connectivity index (χ2n) is 4.98. The first-order valence-corrected chi connectivity index (χ1v) is 6.79. The van der Waals surface area contributed by atoms with Gasteiger partial charge in [0.05, 0.1) is 6.26 Å². The number of aryl methyl sites for hydroxylation is 1. The zero-order chi connectivity index (χ0) is 12.8. The topological polar surface area (TPSA) is 45.5 Å². The molecular formula is C14H22N2O2. The Morgan fingerprint density at radius 2 is 2.28 bits per heavy atom. The van der Waals surface area contributed by atoms with E-state index in [0.717, 1.165) is 12.3 Å². The van der Waals surface area contributed by atoms with Gasteiger partial charge in [-0.15, -0.1) is 0 Å². The quantitative estimate of drug-likeness (QED) is 0.837. The van der Waals surface area contributed by atoms with Crippen LogP contribution in [0.3, 0.4) is 0 Å². The Morgan fingerprint density at radius 1 is 1.50 bits per heavy atom. The van der Waals surface area contributed by atoms with Gasteiger partial charge < -0.3 is 9.73 Å². The van der Waals surface area contributed by atoms with E-state index in [1.807, 2.05) is 12.1 Å². The molecular weight excluding hydrogens is 228 g/mol. The molecule has 0 saturated carbocycles. The predicted octanol–water partition coefficient (Wildman–Crippen LogP) is 1.81. The van der Waals surface area contributed by atoms with Crippen LogP contribution in [0.25, 0.3) is 0 Å². The van der Waals surface area contributed by atoms with Gasteiger partial charge in [-0.05, 0) is 45.0 Å². The number of rotatable bonds is 6. The zero-order valence-electron chi connectivity index (χ0n) is 11.0. The fraction of sp³-hybridized carbons (Fsp3) is 0.643. The molecule has 100 valence electrons. The smallest absolute Gasteiger partial charge is 0.220 e. The molecule has 0 radical (unpaired) electrons. The number of carbonyl (C=O) groups is 1. The van der Waals surface area contributed by atoms with Gasteiger partial charge in [-0.25, -0.2) is 0 Å². The fourth-order valence-corrected chi connectivity index (χ4v) is 2.35. The van der Waals surface area contributed by atoms with Gasteiger partial charge in [0, 0.05) is 25.4 Å². The van der Waals surface area contributed by atoms with E-state index < -0.39 is 0 Å². The summed E-state index contributed by atoms with van der Waals surface area (Å²) < 4.78 is 5.20. The normalized spacial score (nSPS) is 17.8. The summed E-state index contributed by atoms with van der Waals surface area (Å²) in [6.45, 7) is 5.27. The van der Waals surface area contributed by atoms with Crippen molar-refractivity contribution in [2.45, 2.75) is 38.6 Å². The molecule has 1 aliphatic rings. The molecule has 1 amide bonds. The maximum Gasteiger partial charge on any atom is 0.220 e. The molecule has 1 aromatic rings. The van der Waals surface area contributed by atoms with Crippen LogP contribution in [0.2, 0.25) is 0 Å². The molecule has 1 unspecified atom stereocenters. The molecule has 0 aliphatic carbocycles. The summed E-state index contributed by atoms with van der Waals surface area (Å²) >= 11 is 0. The molecule has 1 atom stereocenters. The molecule has 1 fully saturated rings. The minimum atomic E-state index is 0.109. The van der Waals surface area contributed by atoms with Gasteiger partial charge in [-0.2, -0.15) is 0 Å². The summed E-state index contributed by atoms with van der Waals surface area (Å²) in [6.07, 6.45) is 5.40. The van der Waals surface area contributed by atoms with E-state index in [4.69, 9.17) is 4.42 Å². The monoisotopic (exact) mass is 250 g/mol. The van der Waals surface area contributed by atoms with Gasteiger partial charge in [-0.3, -0.25) is 9.69 Å². The third kappa shape index (κ3) is 3.88. The lowest BCUT2D eigenvalue weighted by atomic mass is 10.2. The van der Waals surface area contributed by atoms with E-state index in [1.54, 1.807) is 6.26 Å². The Morgan fingerprint density at radius 3 is 2.94 bits per heavy atom. The standard InChI is InChI=1S/C14H22N2O2/c1-12(16-8-2-3-9-16)11-15-14(17)7-6-13-5-4-10-18-13/h4-5,10,12H,2-3,6-9,11H2,1H3,(H,15,17). The summed E-state index contributed by atoms with van der Waals surface area (Å²) in [5.74, 6) is 0.982. The Bertz CT molecular complexity index is 356. The molecule has 1 N–H and O–H groups in total. The summed E-state index contributed by atoms with van der Waals surface area (Å²) in [5.41, 5.74) is 0. The van der Waals surface area contributed by atoms with Crippen LogP contribution >= 0.6 is 0 Å². The van der Waals surface area contributed by atoms with Gasteiger partial charge in [0.15, 0.2) is 0 Å². The SMILES string of the molecule is CC(CNC(=O)CCc1ccco1)N1CCCC1. The molecule has 1 saturated heterocycles. The lowest BCUT2D eigenvalue weighted by molar-refractivity contribution is -0.121. The molecule has 4 heteroatoms. The third-order valence-corrected chi connectivity index (χ3v) is 3.54. The summed E-state index contributed by atoms with van der Waals surface area (Å²) in [7, 11) is 0. The molecule has 4 nitrogen and oxygen atoms in total. The first-order valence-electron chi connectivity index (χ1n) is 6.79. The molecule has 1 aliphatic heterocycles. The van der Waals surface area contributed by atoms with Crippen molar-refractivity contribution in [3.8, 4) is 0 Å². The van der Waals surface area contributed by atoms with E-state index in [9.17, 15) is 4.79 Å². The summed E-state index contributed by atoms with van der Waals surface area (Å²) in [4.78, 5) is 14.1. The number of nitrogens with one attached hydrogen (secondary N) is 1. The first kappa shape index (κ1) is 13.1. The highest BCUT2D eigenvalue weighted by molar-refractivity contribution is 5.76. The van der Waals surface area contributed by atoms with Crippen LogP contribution in [0.15, 0.2) is 22.8 Å². The van der Waals surface area contributed by atoms with E-state index in [1.165, 1.54) is 25.9 Å². The van der Waals surface area contributed by atoms with E-state index in [0.29, 0.717) is 18.9 Å². The first-order chi connectivity index (χ1) is 8.75. The van der Waals surface area contributed by atoms with Crippen LogP contribution in [0.4, 0.5) is 0 Å². The number of carbonyl (C=O) groups excluding carboxylic acids is 1. The fourth-order valence-electron chi connectivity index (χ4n) is 2.35. The molecule has 18 heavy (non-hydrogen) atoms. The number of hydrogen-bond acceptors (Lipinski definition) is 3. The Hall–Kier alpha value is -1.29. The van der Waals surface area contributed by atoms with Gasteiger partial charge in [0.25, 0.3) is 0 Å². The summed E-state index contributed by atoms with van der Waals surface area (Å²) in [5, 5.41) is 3.00. The highest BCUT2D eigenvalue weighted by atomic mass is 16.3. The molecule has 0 aromatic carbocycles. The number of likely N-dealkylation sites (tertiary alicyclic amines) is 1.